The second kappa shape index (κ2) is 14.0. The summed E-state index contributed by atoms with van der Waals surface area (Å²) in [5, 5.41) is 10.1. The highest BCUT2D eigenvalue weighted by atomic mass is 35.5. The van der Waals surface area contributed by atoms with Gasteiger partial charge >= 0.3 is 6.09 Å². The summed E-state index contributed by atoms with van der Waals surface area (Å²) in [5.41, 5.74) is 4.55. The van der Waals surface area contributed by atoms with Crippen LogP contribution in [0.3, 0.4) is 0 Å². The predicted molar refractivity (Wildman–Crippen MR) is 195 cm³/mol. The first-order valence-electron chi connectivity index (χ1n) is 16.6. The zero-order valence-corrected chi connectivity index (χ0v) is 31.0. The Balaban J connectivity index is 1.31. The van der Waals surface area contributed by atoms with E-state index in [0.717, 1.165) is 24.0 Å². The molecule has 9 nitrogen and oxygen atoms in total. The van der Waals surface area contributed by atoms with Gasteiger partial charge in [0.25, 0.3) is 5.91 Å². The van der Waals surface area contributed by atoms with E-state index >= 15 is 0 Å². The van der Waals surface area contributed by atoms with E-state index in [1.807, 2.05) is 12.1 Å². The van der Waals surface area contributed by atoms with Gasteiger partial charge in [-0.15, -0.1) is 0 Å². The number of halogens is 1. The molecule has 1 saturated carbocycles. The third kappa shape index (κ3) is 8.83. The van der Waals surface area contributed by atoms with Crippen molar-refractivity contribution >= 4 is 49.1 Å². The van der Waals surface area contributed by atoms with Crippen LogP contribution in [0.25, 0.3) is 5.57 Å². The van der Waals surface area contributed by atoms with E-state index in [0.29, 0.717) is 40.8 Å². The highest BCUT2D eigenvalue weighted by Gasteiger charge is 2.41. The summed E-state index contributed by atoms with van der Waals surface area (Å²) in [5.74, 6) is 0.309. The summed E-state index contributed by atoms with van der Waals surface area (Å²) in [7, 11) is -2.09. The van der Waals surface area contributed by atoms with Gasteiger partial charge in [-0.05, 0) is 100.0 Å². The maximum absolute atomic E-state index is 13.5. The lowest BCUT2D eigenvalue weighted by molar-refractivity contribution is 0.0635. The molecule has 1 fully saturated rings. The molecule has 2 aromatic carbocycles. The van der Waals surface area contributed by atoms with Gasteiger partial charge in [-0.3, -0.25) is 10.1 Å². The zero-order valence-electron chi connectivity index (χ0n) is 29.2. The van der Waals surface area contributed by atoms with Crippen LogP contribution in [0.15, 0.2) is 60.8 Å². The highest BCUT2D eigenvalue weighted by molar-refractivity contribution is 6.74. The van der Waals surface area contributed by atoms with Crippen molar-refractivity contribution in [3.8, 4) is 0 Å². The minimum Gasteiger partial charge on any atom is -0.444 e. The van der Waals surface area contributed by atoms with Crippen LogP contribution in [0.1, 0.15) is 88.0 Å². The first kappa shape index (κ1) is 35.6. The fourth-order valence-electron chi connectivity index (χ4n) is 5.90. The van der Waals surface area contributed by atoms with Crippen LogP contribution in [0.5, 0.6) is 0 Å². The number of ether oxygens (including phenoxy) is 1. The summed E-state index contributed by atoms with van der Waals surface area (Å²) < 4.78 is 12.2. The number of aromatic nitrogens is 2. The van der Waals surface area contributed by atoms with Crippen molar-refractivity contribution in [1.82, 2.24) is 15.3 Å². The largest absolute Gasteiger partial charge is 0.444 e. The number of fused-ring (bicyclic) bond motifs is 1. The van der Waals surface area contributed by atoms with Gasteiger partial charge in [0.2, 0.25) is 5.95 Å². The van der Waals surface area contributed by atoms with Gasteiger partial charge < -0.3 is 19.8 Å². The predicted octanol–water partition coefficient (Wildman–Crippen LogP) is 8.62. The van der Waals surface area contributed by atoms with Gasteiger partial charge in [0.1, 0.15) is 5.60 Å². The van der Waals surface area contributed by atoms with E-state index in [1.54, 1.807) is 51.2 Å². The number of nitrogens with zero attached hydrogens (tertiary/aromatic N) is 2. The van der Waals surface area contributed by atoms with Crippen LogP contribution < -0.4 is 16.0 Å². The molecule has 2 amide bonds. The van der Waals surface area contributed by atoms with Gasteiger partial charge in [0, 0.05) is 35.0 Å². The molecule has 48 heavy (non-hydrogen) atoms. The van der Waals surface area contributed by atoms with E-state index in [9.17, 15) is 9.59 Å². The molecule has 0 bridgehead atoms. The zero-order chi connectivity index (χ0) is 34.9. The number of carbonyl (C=O) groups excluding carboxylic acids is 2. The van der Waals surface area contributed by atoms with Gasteiger partial charge in [-0.25, -0.2) is 14.8 Å². The van der Waals surface area contributed by atoms with Crippen LogP contribution in [-0.4, -0.2) is 54.1 Å². The molecule has 0 aliphatic heterocycles. The molecule has 1 aromatic heterocycles. The Hall–Kier alpha value is -3.73. The lowest BCUT2D eigenvalue weighted by Gasteiger charge is -2.43. The molecule has 0 unspecified atom stereocenters. The fourth-order valence-corrected chi connectivity index (χ4v) is 7.47. The standard InChI is InChI=1S/C37H48ClN5O4Si/c1-36(2,3)46-35(45)42-25-16-13-24(14-17-25)33(44)40-26-19-27(21-28(20-26)47-48(7,8)37(4,5)6)41-34-39-22-31(38)32(43-34)30-18-15-23-11-9-10-12-29(23)30/h9-14,16-18,22,26-28H,15,19-21H2,1-8H3,(H,40,44)(H,42,45)(H,39,41,43)/t26-,27+,28+/m1/s1. The number of hydrogen-bond donors (Lipinski definition) is 3. The molecular weight excluding hydrogens is 642 g/mol. The van der Waals surface area contributed by atoms with E-state index in [2.05, 4.69) is 73.0 Å². The molecule has 5 rings (SSSR count). The second-order valence-corrected chi connectivity index (χ2v) is 20.5. The number of nitrogens with one attached hydrogen (secondary N) is 3. The molecule has 256 valence electrons. The van der Waals surface area contributed by atoms with Crippen molar-refractivity contribution in [2.45, 2.75) is 109 Å². The Kier molecular flexibility index (Phi) is 10.4. The van der Waals surface area contributed by atoms with E-state index in [1.165, 1.54) is 5.56 Å². The molecule has 2 aliphatic carbocycles. The molecule has 2 aliphatic rings. The van der Waals surface area contributed by atoms with Gasteiger partial charge in [-0.1, -0.05) is 62.7 Å². The summed E-state index contributed by atoms with van der Waals surface area (Å²) in [6.07, 6.45) is 6.19. The summed E-state index contributed by atoms with van der Waals surface area (Å²) >= 11 is 6.64. The van der Waals surface area contributed by atoms with E-state index < -0.39 is 20.0 Å². The minimum atomic E-state index is -2.09. The quantitative estimate of drug-likeness (QED) is 0.203. The smallest absolute Gasteiger partial charge is 0.412 e. The van der Waals surface area contributed by atoms with Crippen LogP contribution in [0.4, 0.5) is 16.4 Å². The monoisotopic (exact) mass is 689 g/mol. The molecule has 3 aromatic rings. The maximum atomic E-state index is 13.5. The lowest BCUT2D eigenvalue weighted by Crippen LogP contribution is -2.51. The molecule has 0 radical (unpaired) electrons. The molecule has 3 atom stereocenters. The normalized spacial score (nSPS) is 19.6. The molecular formula is C37H48ClN5O4Si. The molecule has 3 N–H and O–H groups in total. The average molecular weight is 690 g/mol. The number of anilines is 2. The summed E-state index contributed by atoms with van der Waals surface area (Å²) in [4.78, 5) is 35.1. The SMILES string of the molecule is CC(C)(C)OC(=O)Nc1ccc(C(=O)N[C@@H]2C[C@H](Nc3ncc(Cl)c(C4=CCc5ccccc54)n3)C[C@@H](O[Si](C)(C)C(C)(C)C)C2)cc1. The Bertz CT molecular complexity index is 1680. The highest BCUT2D eigenvalue weighted by Crippen LogP contribution is 2.40. The fraction of sp³-hybridized carbons (Fsp3) is 0.459. The molecule has 0 spiro atoms. The van der Waals surface area contributed by atoms with Gasteiger partial charge in [-0.2, -0.15) is 0 Å². The second-order valence-electron chi connectivity index (χ2n) is 15.3. The van der Waals surface area contributed by atoms with Gasteiger partial charge in [0.05, 0.1) is 16.9 Å². The van der Waals surface area contributed by atoms with Crippen molar-refractivity contribution in [3.05, 3.63) is 88.2 Å². The Labute approximate surface area is 290 Å². The number of amides is 2. The molecule has 1 heterocycles. The van der Waals surface area contributed by atoms with E-state index in [4.69, 9.17) is 25.7 Å². The van der Waals surface area contributed by atoms with Crippen molar-refractivity contribution in [1.29, 1.82) is 0 Å². The Morgan fingerprint density at radius 3 is 2.31 bits per heavy atom. The van der Waals surface area contributed by atoms with Crippen LogP contribution in [0, 0.1) is 0 Å². The van der Waals surface area contributed by atoms with Crippen LogP contribution in [0.2, 0.25) is 23.2 Å². The first-order valence-corrected chi connectivity index (χ1v) is 19.9. The van der Waals surface area contributed by atoms with Crippen LogP contribution >= 0.6 is 11.6 Å². The van der Waals surface area contributed by atoms with Crippen molar-refractivity contribution in [3.63, 3.8) is 0 Å². The minimum absolute atomic E-state index is 0.0424. The number of carbonyl (C=O) groups is 2. The van der Waals surface area contributed by atoms with Crippen molar-refractivity contribution < 1.29 is 18.8 Å². The van der Waals surface area contributed by atoms with Crippen molar-refractivity contribution in [2.75, 3.05) is 10.6 Å². The number of allylic oxidation sites excluding steroid dienone is 1. The van der Waals surface area contributed by atoms with Crippen LogP contribution in [-0.2, 0) is 15.6 Å². The Morgan fingerprint density at radius 2 is 1.62 bits per heavy atom. The number of benzene rings is 2. The Morgan fingerprint density at radius 1 is 0.938 bits per heavy atom. The summed E-state index contributed by atoms with van der Waals surface area (Å²) in [6.45, 7) is 16.6. The number of hydrogen-bond acceptors (Lipinski definition) is 7. The van der Waals surface area contributed by atoms with E-state index in [-0.39, 0.29) is 29.1 Å². The molecule has 11 heteroatoms. The summed E-state index contributed by atoms with van der Waals surface area (Å²) in [6, 6.07) is 14.9. The third-order valence-corrected chi connectivity index (χ3v) is 14.0. The van der Waals surface area contributed by atoms with Gasteiger partial charge in [0.15, 0.2) is 8.32 Å². The topological polar surface area (TPSA) is 114 Å². The first-order chi connectivity index (χ1) is 22.5. The lowest BCUT2D eigenvalue weighted by atomic mass is 9.88. The average Bonchev–Trinajstić information content (AvgIpc) is 3.40. The molecule has 0 saturated heterocycles. The number of rotatable bonds is 8. The third-order valence-electron chi connectivity index (χ3n) is 9.23. The van der Waals surface area contributed by atoms with Crippen molar-refractivity contribution in [2.24, 2.45) is 0 Å². The maximum Gasteiger partial charge on any atom is 0.412 e.